The van der Waals surface area contributed by atoms with Crippen LogP contribution in [0.25, 0.3) is 11.3 Å². The van der Waals surface area contributed by atoms with Gasteiger partial charge >= 0.3 is 5.97 Å². The summed E-state index contributed by atoms with van der Waals surface area (Å²) in [6.07, 6.45) is 1.76. The molecule has 1 aliphatic rings. The first-order valence-electron chi connectivity index (χ1n) is 12.3. The molecule has 1 aliphatic heterocycles. The lowest BCUT2D eigenvalue weighted by Crippen LogP contribution is -2.29. The second-order valence-corrected chi connectivity index (χ2v) is 9.38. The summed E-state index contributed by atoms with van der Waals surface area (Å²) < 4.78 is 12.3. The highest BCUT2D eigenvalue weighted by molar-refractivity contribution is 7.80. The molecule has 3 heterocycles. The number of anilines is 1. The third-order valence-electron chi connectivity index (χ3n) is 6.53. The monoisotopic (exact) mass is 533 g/mol. The molecule has 0 aliphatic carbocycles. The average Bonchev–Trinajstić information content (AvgIpc) is 3.59. The van der Waals surface area contributed by atoms with Gasteiger partial charge in [0.1, 0.15) is 29.1 Å². The van der Waals surface area contributed by atoms with Crippen molar-refractivity contribution in [3.05, 3.63) is 132 Å². The van der Waals surface area contributed by atoms with Gasteiger partial charge in [-0.2, -0.15) is 0 Å². The molecule has 6 rings (SSSR count). The van der Waals surface area contributed by atoms with E-state index in [9.17, 15) is 9.90 Å². The molecule has 0 unspecified atom stereocenters. The van der Waals surface area contributed by atoms with Crippen molar-refractivity contribution in [1.29, 1.82) is 0 Å². The molecule has 0 bridgehead atoms. The molecule has 1 saturated heterocycles. The smallest absolute Gasteiger partial charge is 0.335 e. The lowest BCUT2D eigenvalue weighted by atomic mass is 10.0. The summed E-state index contributed by atoms with van der Waals surface area (Å²) in [6.45, 7) is 0. The van der Waals surface area contributed by atoms with Crippen LogP contribution in [0.2, 0.25) is 0 Å². The van der Waals surface area contributed by atoms with Crippen LogP contribution in [0.1, 0.15) is 33.9 Å². The highest BCUT2D eigenvalue weighted by atomic mass is 32.1. The molecule has 0 spiro atoms. The molecular formula is C31H23N3O4S. The summed E-state index contributed by atoms with van der Waals surface area (Å²) in [7, 11) is 0. The van der Waals surface area contributed by atoms with Gasteiger partial charge in [-0.1, -0.05) is 36.4 Å². The summed E-state index contributed by atoms with van der Waals surface area (Å²) >= 11 is 5.81. The van der Waals surface area contributed by atoms with Gasteiger partial charge in [0, 0.05) is 17.4 Å². The number of hydrogen-bond acceptors (Lipinski definition) is 5. The van der Waals surface area contributed by atoms with Crippen LogP contribution in [0.5, 0.6) is 11.5 Å². The first-order chi connectivity index (χ1) is 19.1. The zero-order valence-electron chi connectivity index (χ0n) is 20.6. The molecule has 0 radical (unpaired) electrons. The topological polar surface area (TPSA) is 87.8 Å². The number of ether oxygens (including phenoxy) is 1. The summed E-state index contributed by atoms with van der Waals surface area (Å²) in [5.41, 5.74) is 2.71. The van der Waals surface area contributed by atoms with Crippen molar-refractivity contribution < 1.29 is 19.1 Å². The zero-order valence-corrected chi connectivity index (χ0v) is 21.4. The molecular weight excluding hydrogens is 510 g/mol. The van der Waals surface area contributed by atoms with Crippen LogP contribution >= 0.6 is 12.2 Å². The Kier molecular flexibility index (Phi) is 6.52. The predicted molar refractivity (Wildman–Crippen MR) is 152 cm³/mol. The van der Waals surface area contributed by atoms with Gasteiger partial charge in [-0.3, -0.25) is 4.98 Å². The van der Waals surface area contributed by atoms with E-state index in [1.165, 1.54) is 0 Å². The Morgan fingerprint density at radius 3 is 2.28 bits per heavy atom. The number of thiocarbonyl (C=S) groups is 1. The van der Waals surface area contributed by atoms with Crippen molar-refractivity contribution in [3.8, 4) is 22.8 Å². The van der Waals surface area contributed by atoms with E-state index in [4.69, 9.17) is 21.4 Å². The first-order valence-corrected chi connectivity index (χ1v) is 12.7. The number of para-hydroxylation sites is 1. The Morgan fingerprint density at radius 1 is 0.872 bits per heavy atom. The van der Waals surface area contributed by atoms with E-state index in [1.807, 2.05) is 89.8 Å². The molecule has 3 aromatic carbocycles. The number of rotatable bonds is 7. The number of pyridine rings is 1. The Balaban J connectivity index is 1.34. The van der Waals surface area contributed by atoms with E-state index in [0.717, 1.165) is 22.7 Å². The van der Waals surface area contributed by atoms with Gasteiger partial charge in [-0.15, -0.1) is 0 Å². The van der Waals surface area contributed by atoms with E-state index in [1.54, 1.807) is 30.5 Å². The number of aromatic carboxylic acids is 1. The normalized spacial score (nSPS) is 16.6. The fourth-order valence-electron chi connectivity index (χ4n) is 4.67. The Bertz CT molecular complexity index is 1600. The number of aromatic nitrogens is 1. The summed E-state index contributed by atoms with van der Waals surface area (Å²) in [4.78, 5) is 17.9. The number of benzene rings is 3. The minimum absolute atomic E-state index is 0.219. The standard InChI is InChI=1S/C31H23N3O4S/c35-30(36)21-11-9-20(10-12-21)26-17-18-27(38-26)29-28(25-8-4-5-19-32-25)33-31(39)34(29)22-13-15-24(16-14-22)37-23-6-2-1-3-7-23/h1-19,28-29H,(H,33,39)(H,35,36)/t28-,29+/m0/s1. The third-order valence-corrected chi connectivity index (χ3v) is 6.84. The maximum Gasteiger partial charge on any atom is 0.335 e. The van der Waals surface area contributed by atoms with Gasteiger partial charge in [0.2, 0.25) is 0 Å². The van der Waals surface area contributed by atoms with Crippen molar-refractivity contribution in [3.63, 3.8) is 0 Å². The van der Waals surface area contributed by atoms with Crippen molar-refractivity contribution in [2.75, 3.05) is 4.90 Å². The predicted octanol–water partition coefficient (Wildman–Crippen LogP) is 7.01. The van der Waals surface area contributed by atoms with Crippen LogP contribution in [0, 0.1) is 0 Å². The van der Waals surface area contributed by atoms with E-state index in [0.29, 0.717) is 22.4 Å². The van der Waals surface area contributed by atoms with E-state index in [-0.39, 0.29) is 17.6 Å². The molecule has 0 saturated carbocycles. The van der Waals surface area contributed by atoms with Gasteiger partial charge in [-0.25, -0.2) is 4.79 Å². The maximum atomic E-state index is 11.2. The summed E-state index contributed by atoms with van der Waals surface area (Å²) in [5.74, 6) is 1.83. The molecule has 7 nitrogen and oxygen atoms in total. The maximum absolute atomic E-state index is 11.2. The van der Waals surface area contributed by atoms with Crippen molar-refractivity contribution >= 4 is 29.0 Å². The highest BCUT2D eigenvalue weighted by Crippen LogP contribution is 2.43. The van der Waals surface area contributed by atoms with Gasteiger partial charge < -0.3 is 24.5 Å². The van der Waals surface area contributed by atoms with Gasteiger partial charge in [0.25, 0.3) is 0 Å². The Hall–Kier alpha value is -4.95. The first kappa shape index (κ1) is 24.4. The van der Waals surface area contributed by atoms with Gasteiger partial charge in [-0.05, 0) is 85.0 Å². The molecule has 8 heteroatoms. The second kappa shape index (κ2) is 10.4. The fraction of sp³-hybridized carbons (Fsp3) is 0.0645. The second-order valence-electron chi connectivity index (χ2n) is 8.99. The SMILES string of the molecule is O=C(O)c1ccc(-c2ccc([C@@H]3[C@H](c4ccccn4)NC(=S)N3c3ccc(Oc4ccccc4)cc3)o2)cc1. The summed E-state index contributed by atoms with van der Waals surface area (Å²) in [5, 5.41) is 13.2. The van der Waals surface area contributed by atoms with Crippen LogP contribution in [0.4, 0.5) is 5.69 Å². The molecule has 2 N–H and O–H groups in total. The van der Waals surface area contributed by atoms with Crippen molar-refractivity contribution in [2.45, 2.75) is 12.1 Å². The number of nitrogens with one attached hydrogen (secondary N) is 1. The van der Waals surface area contributed by atoms with Crippen LogP contribution in [0.15, 0.2) is 120 Å². The van der Waals surface area contributed by atoms with Gasteiger partial charge in [0.05, 0.1) is 17.3 Å². The third kappa shape index (κ3) is 4.97. The molecule has 1 fully saturated rings. The minimum Gasteiger partial charge on any atom is -0.478 e. The summed E-state index contributed by atoms with van der Waals surface area (Å²) in [6, 6.07) is 33.0. The fourth-order valence-corrected chi connectivity index (χ4v) is 5.01. The van der Waals surface area contributed by atoms with Crippen molar-refractivity contribution in [1.82, 2.24) is 10.3 Å². The quantitative estimate of drug-likeness (QED) is 0.216. The highest BCUT2D eigenvalue weighted by Gasteiger charge is 2.42. The van der Waals surface area contributed by atoms with Crippen LogP contribution < -0.4 is 15.0 Å². The number of carboxylic acid groups (broad SMARTS) is 1. The lowest BCUT2D eigenvalue weighted by Gasteiger charge is -2.26. The number of furan rings is 1. The van der Waals surface area contributed by atoms with E-state index in [2.05, 4.69) is 10.3 Å². The largest absolute Gasteiger partial charge is 0.478 e. The molecule has 2 aromatic heterocycles. The lowest BCUT2D eigenvalue weighted by molar-refractivity contribution is 0.0697. The Labute approximate surface area is 230 Å². The van der Waals surface area contributed by atoms with E-state index < -0.39 is 5.97 Å². The van der Waals surface area contributed by atoms with Crippen LogP contribution in [-0.2, 0) is 0 Å². The number of carboxylic acids is 1. The molecule has 2 atom stereocenters. The van der Waals surface area contributed by atoms with Gasteiger partial charge in [0.15, 0.2) is 5.11 Å². The van der Waals surface area contributed by atoms with Crippen LogP contribution in [0.3, 0.4) is 0 Å². The zero-order chi connectivity index (χ0) is 26.8. The number of hydrogen-bond donors (Lipinski definition) is 2. The van der Waals surface area contributed by atoms with Crippen LogP contribution in [-0.4, -0.2) is 21.2 Å². The minimum atomic E-state index is -0.971. The number of nitrogens with zero attached hydrogens (tertiary/aromatic N) is 2. The molecule has 5 aromatic rings. The molecule has 39 heavy (non-hydrogen) atoms. The number of carbonyl (C=O) groups is 1. The Morgan fingerprint density at radius 2 is 1.59 bits per heavy atom. The van der Waals surface area contributed by atoms with Crippen molar-refractivity contribution in [2.24, 2.45) is 0 Å². The molecule has 192 valence electrons. The average molecular weight is 534 g/mol. The van der Waals surface area contributed by atoms with E-state index >= 15 is 0 Å². The molecule has 0 amide bonds.